The van der Waals surface area contributed by atoms with Gasteiger partial charge in [-0.2, -0.15) is 0 Å². The van der Waals surface area contributed by atoms with Gasteiger partial charge in [-0.3, -0.25) is 9.59 Å². The summed E-state index contributed by atoms with van der Waals surface area (Å²) in [5.41, 5.74) is 1.85. The molecule has 2 N–H and O–H groups in total. The predicted octanol–water partition coefficient (Wildman–Crippen LogP) is 7.85. The first-order valence-corrected chi connectivity index (χ1v) is 15.5. The Morgan fingerprint density at radius 1 is 1.20 bits per heavy atom. The second-order valence-corrected chi connectivity index (χ2v) is 15.0. The van der Waals surface area contributed by atoms with E-state index in [4.69, 9.17) is 4.74 Å². The predicted molar refractivity (Wildman–Crippen MR) is 161 cm³/mol. The van der Waals surface area contributed by atoms with Crippen molar-refractivity contribution in [1.82, 2.24) is 0 Å². The number of carbonyl (C=O) groups is 2. The van der Waals surface area contributed by atoms with E-state index in [9.17, 15) is 19.8 Å². The van der Waals surface area contributed by atoms with Gasteiger partial charge >= 0.3 is 5.97 Å². The van der Waals surface area contributed by atoms with E-state index in [0.717, 1.165) is 31.3 Å². The number of ether oxygens (including phenoxy) is 1. The molecule has 3 aliphatic rings. The van der Waals surface area contributed by atoms with Gasteiger partial charge in [-0.1, -0.05) is 85.3 Å². The van der Waals surface area contributed by atoms with Crippen LogP contribution < -0.4 is 0 Å². The van der Waals surface area contributed by atoms with Crippen LogP contribution in [0.15, 0.2) is 36.5 Å². The number of carboxylic acid groups (broad SMARTS) is 1. The van der Waals surface area contributed by atoms with Crippen molar-refractivity contribution in [2.24, 2.45) is 57.2 Å². The molecule has 2 fully saturated rings. The zero-order chi connectivity index (χ0) is 30.3. The maximum absolute atomic E-state index is 12.7. The normalized spacial score (nSPS) is 39.6. The molecule has 2 saturated carbocycles. The van der Waals surface area contributed by atoms with Crippen LogP contribution in [-0.2, 0) is 14.3 Å². The number of allylic oxidation sites excluding steroid dienone is 4. The van der Waals surface area contributed by atoms with Gasteiger partial charge in [0.05, 0.1) is 18.6 Å². The molecule has 3 rings (SSSR count). The van der Waals surface area contributed by atoms with E-state index >= 15 is 0 Å². The molecule has 226 valence electrons. The minimum absolute atomic E-state index is 0.0582. The average molecular weight is 557 g/mol. The van der Waals surface area contributed by atoms with Crippen molar-refractivity contribution in [1.29, 1.82) is 0 Å². The lowest BCUT2D eigenvalue weighted by Gasteiger charge is -2.60. The Kier molecular flexibility index (Phi) is 9.61. The smallest absolute Gasteiger partial charge is 0.306 e. The van der Waals surface area contributed by atoms with Gasteiger partial charge in [0.1, 0.15) is 0 Å². The Balaban J connectivity index is 2.01. The zero-order valence-corrected chi connectivity index (χ0v) is 26.5. The molecular weight excluding hydrogens is 500 g/mol. The zero-order valence-electron chi connectivity index (χ0n) is 26.5. The maximum Gasteiger partial charge on any atom is 0.306 e. The summed E-state index contributed by atoms with van der Waals surface area (Å²) in [6.45, 7) is 27.4. The minimum atomic E-state index is -0.802. The second kappa shape index (κ2) is 11.8. The SMILES string of the molecule is C=CC[C@H]1C(C)(C)C(COC=O)CC[C@]1(C)C1=CC[C@]2(C)[C@@H]([C@@H](CCC(=C)C(C)C)C(=O)O)[C@H](O)C[C@@]2(C)[C@@H]1C. The highest BCUT2D eigenvalue weighted by Crippen LogP contribution is 2.70. The van der Waals surface area contributed by atoms with Crippen LogP contribution >= 0.6 is 0 Å². The summed E-state index contributed by atoms with van der Waals surface area (Å²) in [5, 5.41) is 22.0. The summed E-state index contributed by atoms with van der Waals surface area (Å²) in [5.74, 6) is -0.589. The Bertz CT molecular complexity index is 1010. The Morgan fingerprint density at radius 2 is 1.85 bits per heavy atom. The largest absolute Gasteiger partial charge is 0.481 e. The van der Waals surface area contributed by atoms with Gasteiger partial charge in [-0.25, -0.2) is 0 Å². The topological polar surface area (TPSA) is 83.8 Å². The van der Waals surface area contributed by atoms with Crippen molar-refractivity contribution < 1.29 is 24.5 Å². The highest BCUT2D eigenvalue weighted by Gasteiger charge is 2.66. The molecule has 0 radical (unpaired) electrons. The van der Waals surface area contributed by atoms with Gasteiger partial charge in [0.2, 0.25) is 0 Å². The molecule has 0 heterocycles. The van der Waals surface area contributed by atoms with Crippen molar-refractivity contribution in [3.05, 3.63) is 36.5 Å². The van der Waals surface area contributed by atoms with Gasteiger partial charge in [0, 0.05) is 5.92 Å². The standard InChI is InChI=1S/C35H56O5/c1-11-12-29-32(6,7)25(20-40-21-36)15-17-33(29,8)27-16-18-34(9)30(28(37)19-35(34,10)24(27)5)26(31(38)39)14-13-23(4)22(2)3/h11,16,21-22,24-26,28-30,37H,1,4,12-15,17-20H2,2-3,5-10H3,(H,38,39)/t24-,25?,26-,28-,29+,30+,33-,34-,35+/m1/s1. The van der Waals surface area contributed by atoms with Crippen molar-refractivity contribution >= 4 is 12.4 Å². The van der Waals surface area contributed by atoms with Gasteiger partial charge < -0.3 is 14.9 Å². The van der Waals surface area contributed by atoms with E-state index in [1.807, 2.05) is 6.08 Å². The number of carbonyl (C=O) groups excluding carboxylic acids is 1. The Hall–Kier alpha value is -1.88. The second-order valence-electron chi connectivity index (χ2n) is 15.0. The summed E-state index contributed by atoms with van der Waals surface area (Å²) >= 11 is 0. The molecule has 9 atom stereocenters. The molecule has 0 aromatic carbocycles. The van der Waals surface area contributed by atoms with E-state index in [0.29, 0.717) is 44.2 Å². The Morgan fingerprint density at radius 3 is 2.40 bits per heavy atom. The molecular formula is C35H56O5. The molecule has 5 nitrogen and oxygen atoms in total. The number of aliphatic carboxylic acids is 1. The number of hydrogen-bond donors (Lipinski definition) is 2. The van der Waals surface area contributed by atoms with Crippen LogP contribution in [-0.4, -0.2) is 35.4 Å². The summed E-state index contributed by atoms with van der Waals surface area (Å²) < 4.78 is 5.27. The monoisotopic (exact) mass is 556 g/mol. The van der Waals surface area contributed by atoms with Gasteiger partial charge in [-0.05, 0) is 90.3 Å². The third-order valence-electron chi connectivity index (χ3n) is 12.8. The minimum Gasteiger partial charge on any atom is -0.481 e. The molecule has 0 bridgehead atoms. The summed E-state index contributed by atoms with van der Waals surface area (Å²) in [4.78, 5) is 23.7. The summed E-state index contributed by atoms with van der Waals surface area (Å²) in [7, 11) is 0. The fraction of sp³-hybridized carbons (Fsp3) is 0.771. The van der Waals surface area contributed by atoms with Crippen LogP contribution in [0.25, 0.3) is 0 Å². The summed E-state index contributed by atoms with van der Waals surface area (Å²) in [6, 6.07) is 0. The number of aliphatic hydroxyl groups is 1. The van der Waals surface area contributed by atoms with Gasteiger partial charge in [0.15, 0.2) is 0 Å². The molecule has 0 aromatic heterocycles. The van der Waals surface area contributed by atoms with Gasteiger partial charge in [-0.15, -0.1) is 6.58 Å². The first kappa shape index (κ1) is 32.6. The molecule has 5 heteroatoms. The number of aliphatic hydroxyl groups excluding tert-OH is 1. The van der Waals surface area contributed by atoms with Crippen LogP contribution in [0.5, 0.6) is 0 Å². The third-order valence-corrected chi connectivity index (χ3v) is 12.8. The quantitative estimate of drug-likeness (QED) is 0.189. The van der Waals surface area contributed by atoms with Crippen LogP contribution in [0.2, 0.25) is 0 Å². The van der Waals surface area contributed by atoms with Crippen molar-refractivity contribution in [2.75, 3.05) is 6.61 Å². The van der Waals surface area contributed by atoms with E-state index in [-0.39, 0.29) is 39.4 Å². The van der Waals surface area contributed by atoms with E-state index in [1.54, 1.807) is 0 Å². The fourth-order valence-corrected chi connectivity index (χ4v) is 9.66. The van der Waals surface area contributed by atoms with Crippen LogP contribution in [0.1, 0.15) is 100 Å². The van der Waals surface area contributed by atoms with E-state index in [2.05, 4.69) is 74.6 Å². The summed E-state index contributed by atoms with van der Waals surface area (Å²) in [6.07, 6.45) is 9.25. The first-order valence-electron chi connectivity index (χ1n) is 15.5. The van der Waals surface area contributed by atoms with Crippen LogP contribution in [0, 0.1) is 57.2 Å². The molecule has 0 amide bonds. The molecule has 0 spiro atoms. The average Bonchev–Trinajstić information content (AvgIpc) is 3.07. The van der Waals surface area contributed by atoms with E-state index in [1.165, 1.54) is 5.57 Å². The lowest BCUT2D eigenvalue weighted by Crippen LogP contribution is -2.54. The number of rotatable bonds is 12. The maximum atomic E-state index is 12.7. The molecule has 40 heavy (non-hydrogen) atoms. The highest BCUT2D eigenvalue weighted by molar-refractivity contribution is 5.71. The molecule has 0 aliphatic heterocycles. The van der Waals surface area contributed by atoms with Crippen molar-refractivity contribution in [2.45, 2.75) is 106 Å². The van der Waals surface area contributed by atoms with Crippen molar-refractivity contribution in [3.63, 3.8) is 0 Å². The Labute approximate surface area is 243 Å². The van der Waals surface area contributed by atoms with Gasteiger partial charge in [0.25, 0.3) is 6.47 Å². The van der Waals surface area contributed by atoms with Crippen LogP contribution in [0.3, 0.4) is 0 Å². The van der Waals surface area contributed by atoms with Crippen molar-refractivity contribution in [3.8, 4) is 0 Å². The molecule has 0 saturated heterocycles. The molecule has 1 unspecified atom stereocenters. The lowest BCUT2D eigenvalue weighted by atomic mass is 9.44. The first-order chi connectivity index (χ1) is 18.5. The number of carboxylic acids is 1. The number of fused-ring (bicyclic) bond motifs is 1. The highest BCUT2D eigenvalue weighted by atomic mass is 16.5. The third kappa shape index (κ3) is 5.25. The lowest BCUT2D eigenvalue weighted by molar-refractivity contribution is -0.149. The fourth-order valence-electron chi connectivity index (χ4n) is 9.66. The number of hydrogen-bond acceptors (Lipinski definition) is 4. The van der Waals surface area contributed by atoms with Crippen LogP contribution in [0.4, 0.5) is 0 Å². The van der Waals surface area contributed by atoms with E-state index < -0.39 is 18.0 Å². The molecule has 0 aromatic rings. The molecule has 3 aliphatic carbocycles.